The van der Waals surface area contributed by atoms with Crippen LogP contribution in [-0.4, -0.2) is 8.42 Å². The maximum Gasteiger partial charge on any atom is 0.206 e. The van der Waals surface area contributed by atoms with Gasteiger partial charge in [0.15, 0.2) is 0 Å². The van der Waals surface area contributed by atoms with Crippen LogP contribution in [0.4, 0.5) is 11.4 Å². The lowest BCUT2D eigenvalue weighted by atomic mass is 10.3. The average molecular weight is 500 g/mol. The van der Waals surface area contributed by atoms with Crippen LogP contribution in [0.2, 0.25) is 0 Å². The fourth-order valence-corrected chi connectivity index (χ4v) is 3.51. The normalized spacial score (nSPS) is 11.1. The minimum absolute atomic E-state index is 0.290. The van der Waals surface area contributed by atoms with Crippen LogP contribution in [0, 0.1) is 0 Å². The first-order chi connectivity index (χ1) is 9.07. The van der Waals surface area contributed by atoms with Crippen LogP contribution in [0.25, 0.3) is 0 Å². The zero-order valence-corrected chi connectivity index (χ0v) is 14.7. The van der Waals surface area contributed by atoms with Crippen molar-refractivity contribution in [1.82, 2.24) is 0 Å². The molecule has 0 radical (unpaired) electrons. The molecule has 2 aromatic carbocycles. The SMILES string of the molecule is O=S(=O)(c1ccc(NI)cc1)c1ccc(NI)cc1. The Hall–Kier alpha value is -0.550. The van der Waals surface area contributed by atoms with Crippen molar-refractivity contribution in [2.24, 2.45) is 0 Å². The summed E-state index contributed by atoms with van der Waals surface area (Å²) in [5, 5.41) is 0. The first kappa shape index (κ1) is 14.9. The summed E-state index contributed by atoms with van der Waals surface area (Å²) in [6.45, 7) is 0. The van der Waals surface area contributed by atoms with E-state index in [9.17, 15) is 8.42 Å². The Balaban J connectivity index is 2.39. The minimum Gasteiger partial charge on any atom is -0.328 e. The number of anilines is 2. The van der Waals surface area contributed by atoms with Gasteiger partial charge in [0.1, 0.15) is 0 Å². The van der Waals surface area contributed by atoms with E-state index in [2.05, 4.69) is 7.06 Å². The Morgan fingerprint density at radius 3 is 1.26 bits per heavy atom. The van der Waals surface area contributed by atoms with Gasteiger partial charge in [-0.25, -0.2) is 8.42 Å². The number of benzene rings is 2. The van der Waals surface area contributed by atoms with Gasteiger partial charge in [0, 0.05) is 11.4 Å². The molecule has 4 nitrogen and oxygen atoms in total. The van der Waals surface area contributed by atoms with Crippen LogP contribution in [0.15, 0.2) is 58.3 Å². The summed E-state index contributed by atoms with van der Waals surface area (Å²) in [4.78, 5) is 0.580. The van der Waals surface area contributed by atoms with E-state index in [1.54, 1.807) is 48.5 Å². The van der Waals surface area contributed by atoms with E-state index in [0.717, 1.165) is 11.4 Å². The highest BCUT2D eigenvalue weighted by Crippen LogP contribution is 2.24. The van der Waals surface area contributed by atoms with Gasteiger partial charge in [0.05, 0.1) is 55.5 Å². The Morgan fingerprint density at radius 1 is 0.684 bits per heavy atom. The van der Waals surface area contributed by atoms with Crippen LogP contribution < -0.4 is 7.06 Å². The number of sulfone groups is 1. The Labute approximate surface area is 139 Å². The zero-order valence-electron chi connectivity index (χ0n) is 9.60. The minimum atomic E-state index is -3.45. The fraction of sp³-hybridized carbons (Fsp3) is 0. The molecule has 0 unspecified atom stereocenters. The monoisotopic (exact) mass is 500 g/mol. The summed E-state index contributed by atoms with van der Waals surface area (Å²) in [5.74, 6) is 0. The number of rotatable bonds is 4. The Kier molecular flexibility index (Phi) is 4.90. The molecule has 0 saturated carbocycles. The Morgan fingerprint density at radius 2 is 1.00 bits per heavy atom. The molecule has 0 aromatic heterocycles. The molecule has 0 aliphatic carbocycles. The fourth-order valence-electron chi connectivity index (χ4n) is 1.53. The highest BCUT2D eigenvalue weighted by molar-refractivity contribution is 14.1. The maximum atomic E-state index is 12.4. The van der Waals surface area contributed by atoms with Crippen LogP contribution in [0.1, 0.15) is 0 Å². The molecule has 100 valence electrons. The van der Waals surface area contributed by atoms with Crippen LogP contribution in [-0.2, 0) is 9.84 Å². The molecule has 0 saturated heterocycles. The molecular weight excluding hydrogens is 490 g/mol. The lowest BCUT2D eigenvalue weighted by Gasteiger charge is -2.06. The third kappa shape index (κ3) is 3.31. The molecule has 7 heteroatoms. The van der Waals surface area contributed by atoms with Gasteiger partial charge in [-0.2, -0.15) is 0 Å². The van der Waals surface area contributed by atoms with Crippen molar-refractivity contribution in [1.29, 1.82) is 0 Å². The summed E-state index contributed by atoms with van der Waals surface area (Å²) < 4.78 is 30.6. The molecule has 0 spiro atoms. The van der Waals surface area contributed by atoms with Gasteiger partial charge in [-0.1, -0.05) is 0 Å². The van der Waals surface area contributed by atoms with E-state index < -0.39 is 9.84 Å². The number of nitrogens with one attached hydrogen (secondary N) is 2. The number of halogens is 2. The summed E-state index contributed by atoms with van der Waals surface area (Å²) in [5.41, 5.74) is 1.73. The van der Waals surface area contributed by atoms with Gasteiger partial charge in [-0.05, 0) is 48.5 Å². The molecule has 0 aliphatic rings. The van der Waals surface area contributed by atoms with Crippen molar-refractivity contribution in [2.45, 2.75) is 9.79 Å². The van der Waals surface area contributed by atoms with E-state index in [0.29, 0.717) is 0 Å². The van der Waals surface area contributed by atoms with Crippen LogP contribution in [0.5, 0.6) is 0 Å². The third-order valence-electron chi connectivity index (χ3n) is 2.55. The van der Waals surface area contributed by atoms with Gasteiger partial charge in [0.2, 0.25) is 9.84 Å². The van der Waals surface area contributed by atoms with E-state index in [1.807, 2.05) is 45.7 Å². The molecule has 2 rings (SSSR count). The summed E-state index contributed by atoms with van der Waals surface area (Å²) >= 11 is 4.00. The molecule has 0 aliphatic heterocycles. The molecule has 0 heterocycles. The predicted octanol–water partition coefficient (Wildman–Crippen LogP) is 4.04. The summed E-state index contributed by atoms with van der Waals surface area (Å²) in [6, 6.07) is 13.3. The van der Waals surface area contributed by atoms with Gasteiger partial charge in [-0.3, -0.25) is 0 Å². The second kappa shape index (κ2) is 6.27. The van der Waals surface area contributed by atoms with E-state index in [1.165, 1.54) is 0 Å². The van der Waals surface area contributed by atoms with Crippen molar-refractivity contribution >= 4 is 66.9 Å². The van der Waals surface area contributed by atoms with Crippen molar-refractivity contribution in [3.63, 3.8) is 0 Å². The molecule has 0 fully saturated rings. The first-order valence-electron chi connectivity index (χ1n) is 5.26. The van der Waals surface area contributed by atoms with E-state index in [4.69, 9.17) is 0 Å². The number of hydrogen-bond donors (Lipinski definition) is 2. The second-order valence-corrected chi connectivity index (χ2v) is 6.77. The van der Waals surface area contributed by atoms with Crippen molar-refractivity contribution < 1.29 is 8.42 Å². The third-order valence-corrected chi connectivity index (χ3v) is 5.58. The molecule has 2 aromatic rings. The molecule has 19 heavy (non-hydrogen) atoms. The highest BCUT2D eigenvalue weighted by atomic mass is 127. The maximum absolute atomic E-state index is 12.4. The first-order valence-corrected chi connectivity index (χ1v) is 8.90. The average Bonchev–Trinajstić information content (AvgIpc) is 2.47. The Bertz CT molecular complexity index is 602. The van der Waals surface area contributed by atoms with Gasteiger partial charge >= 0.3 is 0 Å². The topological polar surface area (TPSA) is 58.2 Å². The quantitative estimate of drug-likeness (QED) is 0.492. The smallest absolute Gasteiger partial charge is 0.206 e. The van der Waals surface area contributed by atoms with Crippen molar-refractivity contribution in [3.05, 3.63) is 48.5 Å². The molecule has 0 amide bonds. The second-order valence-electron chi connectivity index (χ2n) is 3.74. The molecule has 0 atom stereocenters. The summed E-state index contributed by atoms with van der Waals surface area (Å²) in [7, 11) is -3.45. The van der Waals surface area contributed by atoms with Crippen LogP contribution in [0.3, 0.4) is 0 Å². The summed E-state index contributed by atoms with van der Waals surface area (Å²) in [6.07, 6.45) is 0. The molecular formula is C12H10I2N2O2S. The number of hydrogen-bond acceptors (Lipinski definition) is 4. The van der Waals surface area contributed by atoms with Gasteiger partial charge in [0.25, 0.3) is 0 Å². The van der Waals surface area contributed by atoms with Gasteiger partial charge in [-0.15, -0.1) is 0 Å². The molecule has 2 N–H and O–H groups in total. The molecule has 0 bridgehead atoms. The highest BCUT2D eigenvalue weighted by Gasteiger charge is 2.17. The van der Waals surface area contributed by atoms with E-state index >= 15 is 0 Å². The largest absolute Gasteiger partial charge is 0.328 e. The van der Waals surface area contributed by atoms with Crippen molar-refractivity contribution in [2.75, 3.05) is 7.06 Å². The van der Waals surface area contributed by atoms with Gasteiger partial charge < -0.3 is 7.06 Å². The lowest BCUT2D eigenvalue weighted by Crippen LogP contribution is -2.01. The predicted molar refractivity (Wildman–Crippen MR) is 93.6 cm³/mol. The lowest BCUT2D eigenvalue weighted by molar-refractivity contribution is 0.596. The van der Waals surface area contributed by atoms with Crippen molar-refractivity contribution in [3.8, 4) is 0 Å². The van der Waals surface area contributed by atoms with Crippen LogP contribution >= 0.6 is 45.7 Å². The standard InChI is InChI=1S/C12H10I2N2O2S/c13-15-9-1-5-11(6-2-9)19(17,18)12-7-3-10(16-14)4-8-12/h1-8,15-16H. The zero-order chi connectivity index (χ0) is 13.9. The van der Waals surface area contributed by atoms with E-state index in [-0.39, 0.29) is 9.79 Å².